The van der Waals surface area contributed by atoms with Crippen LogP contribution < -0.4 is 10.0 Å². The van der Waals surface area contributed by atoms with Gasteiger partial charge in [0.2, 0.25) is 10.0 Å². The number of amides is 1. The van der Waals surface area contributed by atoms with Crippen molar-refractivity contribution in [2.45, 2.75) is 30.9 Å². The molecule has 3 N–H and O–H groups in total. The van der Waals surface area contributed by atoms with Crippen LogP contribution in [-0.2, 0) is 29.1 Å². The molecule has 0 heterocycles. The topological polar surface area (TPSA) is 148 Å². The van der Waals surface area contributed by atoms with Gasteiger partial charge in [-0.3, -0.25) is 9.59 Å². The van der Waals surface area contributed by atoms with Gasteiger partial charge in [0.25, 0.3) is 5.91 Å². The van der Waals surface area contributed by atoms with Gasteiger partial charge < -0.3 is 19.9 Å². The van der Waals surface area contributed by atoms with Gasteiger partial charge >= 0.3 is 11.9 Å². The molecule has 0 radical (unpaired) electrons. The number of hydrogen-bond acceptors (Lipinski definition) is 8. The Hall–Kier alpha value is -3.35. The summed E-state index contributed by atoms with van der Waals surface area (Å²) in [6, 6.07) is 8.09. The lowest BCUT2D eigenvalue weighted by Gasteiger charge is -2.20. The van der Waals surface area contributed by atoms with Crippen LogP contribution in [0.5, 0.6) is 0 Å². The molecule has 2 atom stereocenters. The molecule has 0 saturated carbocycles. The van der Waals surface area contributed by atoms with E-state index in [2.05, 4.69) is 5.32 Å². The molecule has 0 unspecified atom stereocenters. The van der Waals surface area contributed by atoms with Crippen molar-refractivity contribution in [2.24, 2.45) is 0 Å². The third-order valence-corrected chi connectivity index (χ3v) is 5.64. The Morgan fingerprint density at radius 1 is 1.06 bits per heavy atom. The maximum absolute atomic E-state index is 13.0. The smallest absolute Gasteiger partial charge is 0.340 e. The number of benzene rings is 2. The molecule has 12 heteroatoms. The van der Waals surface area contributed by atoms with E-state index in [1.165, 1.54) is 12.1 Å². The van der Waals surface area contributed by atoms with Crippen molar-refractivity contribution in [1.82, 2.24) is 4.72 Å². The van der Waals surface area contributed by atoms with Gasteiger partial charge in [-0.15, -0.1) is 0 Å². The Labute approximate surface area is 189 Å². The summed E-state index contributed by atoms with van der Waals surface area (Å²) in [5.74, 6) is -3.35. The van der Waals surface area contributed by atoms with Crippen molar-refractivity contribution in [3.05, 3.63) is 59.9 Å². The van der Waals surface area contributed by atoms with Crippen LogP contribution in [0, 0.1) is 5.82 Å². The van der Waals surface area contributed by atoms with E-state index in [9.17, 15) is 32.3 Å². The summed E-state index contributed by atoms with van der Waals surface area (Å²) in [5, 5.41) is 12.2. The maximum atomic E-state index is 13.0. The van der Waals surface area contributed by atoms with Crippen LogP contribution in [0.25, 0.3) is 0 Å². The van der Waals surface area contributed by atoms with Crippen LogP contribution in [0.4, 0.5) is 10.1 Å². The number of aliphatic hydroxyl groups is 1. The van der Waals surface area contributed by atoms with Crippen LogP contribution >= 0.6 is 0 Å². The molecule has 2 rings (SSSR count). The first-order chi connectivity index (χ1) is 15.5. The highest BCUT2D eigenvalue weighted by Crippen LogP contribution is 2.16. The predicted octanol–water partition coefficient (Wildman–Crippen LogP) is 1.21. The molecule has 0 saturated heterocycles. The van der Waals surface area contributed by atoms with E-state index in [1.807, 2.05) is 4.72 Å². The molecular formula is C21H23FN2O8S. The summed E-state index contributed by atoms with van der Waals surface area (Å²) in [6.45, 7) is 2.08. The van der Waals surface area contributed by atoms with Crippen LogP contribution in [0.2, 0.25) is 0 Å². The summed E-state index contributed by atoms with van der Waals surface area (Å²) in [6.07, 6.45) is -1.51. The Bertz CT molecular complexity index is 1100. The molecule has 0 bridgehead atoms. The molecule has 2 aromatic carbocycles. The van der Waals surface area contributed by atoms with Crippen LogP contribution in [0.3, 0.4) is 0 Å². The number of carbonyl (C=O) groups excluding carboxylic acids is 3. The number of hydrogen-bond donors (Lipinski definition) is 3. The second-order valence-electron chi connectivity index (χ2n) is 6.72. The van der Waals surface area contributed by atoms with Crippen molar-refractivity contribution in [1.29, 1.82) is 0 Å². The van der Waals surface area contributed by atoms with E-state index < -0.39 is 52.4 Å². The molecule has 178 valence electrons. The van der Waals surface area contributed by atoms with Crippen molar-refractivity contribution in [3.63, 3.8) is 0 Å². The monoisotopic (exact) mass is 482 g/mol. The maximum Gasteiger partial charge on any atom is 0.340 e. The average molecular weight is 482 g/mol. The second-order valence-corrected chi connectivity index (χ2v) is 8.43. The number of anilines is 1. The summed E-state index contributed by atoms with van der Waals surface area (Å²) in [7, 11) is -4.30. The van der Waals surface area contributed by atoms with Gasteiger partial charge in [0.15, 0.2) is 6.61 Å². The molecule has 10 nitrogen and oxygen atoms in total. The highest BCUT2D eigenvalue weighted by molar-refractivity contribution is 7.89. The number of aliphatic hydroxyl groups excluding tert-OH is 1. The summed E-state index contributed by atoms with van der Waals surface area (Å²) in [5.41, 5.74) is 0.217. The minimum Gasteiger partial charge on any atom is -0.462 e. The lowest BCUT2D eigenvalue weighted by Crippen LogP contribution is -2.48. The van der Waals surface area contributed by atoms with E-state index in [4.69, 9.17) is 9.47 Å². The van der Waals surface area contributed by atoms with Crippen molar-refractivity contribution < 1.29 is 41.8 Å². The van der Waals surface area contributed by atoms with E-state index in [0.717, 1.165) is 31.2 Å². The quantitative estimate of drug-likeness (QED) is 0.428. The Morgan fingerprint density at radius 3 is 2.30 bits per heavy atom. The second kappa shape index (κ2) is 11.5. The fourth-order valence-corrected chi connectivity index (χ4v) is 3.84. The van der Waals surface area contributed by atoms with Crippen LogP contribution in [0.15, 0.2) is 53.4 Å². The van der Waals surface area contributed by atoms with E-state index in [0.29, 0.717) is 0 Å². The standard InChI is InChI=1S/C21H23FN2O8S/c1-3-31-20(27)16-6-4-5-7-17(16)23-18(26)12-32-21(28)19(13(2)25)24-33(29,30)15-10-8-14(22)9-11-15/h4-11,13,19,24-25H,3,12H2,1-2H3,(H,23,26)/t13-,19-/m0/s1. The molecule has 0 aliphatic carbocycles. The lowest BCUT2D eigenvalue weighted by atomic mass is 10.2. The average Bonchev–Trinajstić information content (AvgIpc) is 2.76. The van der Waals surface area contributed by atoms with Gasteiger partial charge in [0.05, 0.1) is 28.9 Å². The van der Waals surface area contributed by atoms with E-state index in [1.54, 1.807) is 19.1 Å². The summed E-state index contributed by atoms with van der Waals surface area (Å²) < 4.78 is 49.6. The molecule has 0 spiro atoms. The highest BCUT2D eigenvalue weighted by Gasteiger charge is 2.31. The molecule has 2 aromatic rings. The normalized spacial score (nSPS) is 13.0. The largest absolute Gasteiger partial charge is 0.462 e. The first kappa shape index (κ1) is 25.9. The molecule has 33 heavy (non-hydrogen) atoms. The van der Waals surface area contributed by atoms with Crippen LogP contribution in [-0.4, -0.2) is 56.7 Å². The third kappa shape index (κ3) is 7.34. The van der Waals surface area contributed by atoms with E-state index in [-0.39, 0.29) is 22.8 Å². The summed E-state index contributed by atoms with van der Waals surface area (Å²) >= 11 is 0. The number of rotatable bonds is 10. The van der Waals surface area contributed by atoms with Gasteiger partial charge in [0, 0.05) is 0 Å². The zero-order valence-electron chi connectivity index (χ0n) is 17.8. The number of nitrogens with one attached hydrogen (secondary N) is 2. The highest BCUT2D eigenvalue weighted by atomic mass is 32.2. The fraction of sp³-hybridized carbons (Fsp3) is 0.286. The van der Waals surface area contributed by atoms with Gasteiger partial charge in [0.1, 0.15) is 11.9 Å². The zero-order chi connectivity index (χ0) is 24.6. The number of para-hydroxylation sites is 1. The molecule has 1 amide bonds. The number of ether oxygens (including phenoxy) is 2. The predicted molar refractivity (Wildman–Crippen MR) is 114 cm³/mol. The molecule has 0 fully saturated rings. The van der Waals surface area contributed by atoms with Crippen LogP contribution in [0.1, 0.15) is 24.2 Å². The van der Waals surface area contributed by atoms with Gasteiger partial charge in [-0.2, -0.15) is 4.72 Å². The molecular weight excluding hydrogens is 459 g/mol. The molecule has 0 aliphatic rings. The third-order valence-electron chi connectivity index (χ3n) is 4.18. The first-order valence-electron chi connectivity index (χ1n) is 9.73. The fourth-order valence-electron chi connectivity index (χ4n) is 2.58. The zero-order valence-corrected chi connectivity index (χ0v) is 18.6. The summed E-state index contributed by atoms with van der Waals surface area (Å²) in [4.78, 5) is 36.2. The molecule has 0 aromatic heterocycles. The van der Waals surface area contributed by atoms with Gasteiger partial charge in [-0.1, -0.05) is 12.1 Å². The van der Waals surface area contributed by atoms with Crippen molar-refractivity contribution in [2.75, 3.05) is 18.5 Å². The van der Waals surface area contributed by atoms with Gasteiger partial charge in [-0.05, 0) is 50.2 Å². The number of halogens is 1. The Balaban J connectivity index is 2.03. The van der Waals surface area contributed by atoms with E-state index >= 15 is 0 Å². The van der Waals surface area contributed by atoms with Crippen molar-refractivity contribution in [3.8, 4) is 0 Å². The minimum atomic E-state index is -4.30. The van der Waals surface area contributed by atoms with Crippen molar-refractivity contribution >= 4 is 33.6 Å². The SMILES string of the molecule is CCOC(=O)c1ccccc1NC(=O)COC(=O)[C@@H](NS(=O)(=O)c1ccc(F)cc1)[C@H](C)O. The number of esters is 2. The lowest BCUT2D eigenvalue weighted by molar-refractivity contribution is -0.151. The minimum absolute atomic E-state index is 0.0907. The molecule has 0 aliphatic heterocycles. The first-order valence-corrected chi connectivity index (χ1v) is 11.2. The Kier molecular flexibility index (Phi) is 9.02. The van der Waals surface area contributed by atoms with Gasteiger partial charge in [-0.25, -0.2) is 17.6 Å². The number of carbonyl (C=O) groups is 3. The number of sulfonamides is 1. The Morgan fingerprint density at radius 2 is 1.70 bits per heavy atom.